The van der Waals surface area contributed by atoms with Gasteiger partial charge in [0.15, 0.2) is 0 Å². The van der Waals surface area contributed by atoms with Crippen LogP contribution in [0.15, 0.2) is 10.8 Å². The molecule has 1 unspecified atom stereocenters. The average Bonchev–Trinajstić information content (AvgIpc) is 2.35. The van der Waals surface area contributed by atoms with Gasteiger partial charge in [-0.15, -0.1) is 0 Å². The number of carboxylic acid groups (broad SMARTS) is 1. The molecule has 0 fully saturated rings. The zero-order chi connectivity index (χ0) is 10.9. The molecule has 1 heterocycles. The number of nitrogens with zero attached hydrogens (tertiary/aromatic N) is 2. The SMILES string of the molecule is CC(C)C(C(=O)O)c1cnn(C)c1Br. The van der Waals surface area contributed by atoms with Crippen LogP contribution >= 0.6 is 15.9 Å². The van der Waals surface area contributed by atoms with Gasteiger partial charge in [-0.3, -0.25) is 9.48 Å². The third-order valence-corrected chi connectivity index (χ3v) is 3.13. The first kappa shape index (κ1) is 11.2. The first-order valence-corrected chi connectivity index (χ1v) is 5.14. The molecule has 0 aliphatic rings. The maximum Gasteiger partial charge on any atom is 0.311 e. The maximum absolute atomic E-state index is 11.0. The molecule has 1 aromatic rings. The molecule has 0 spiro atoms. The molecule has 1 atom stereocenters. The lowest BCUT2D eigenvalue weighted by atomic mass is 9.91. The van der Waals surface area contributed by atoms with Crippen LogP contribution in [0, 0.1) is 5.92 Å². The van der Waals surface area contributed by atoms with E-state index in [1.54, 1.807) is 17.9 Å². The smallest absolute Gasteiger partial charge is 0.311 e. The largest absolute Gasteiger partial charge is 0.481 e. The second kappa shape index (κ2) is 4.13. The lowest BCUT2D eigenvalue weighted by molar-refractivity contribution is -0.139. The van der Waals surface area contributed by atoms with Crippen LogP contribution in [0.2, 0.25) is 0 Å². The Morgan fingerprint density at radius 1 is 1.64 bits per heavy atom. The number of halogens is 1. The summed E-state index contributed by atoms with van der Waals surface area (Å²) in [5.41, 5.74) is 0.731. The molecule has 78 valence electrons. The number of hydrogen-bond acceptors (Lipinski definition) is 2. The van der Waals surface area contributed by atoms with Gasteiger partial charge in [-0.1, -0.05) is 13.8 Å². The lowest BCUT2D eigenvalue weighted by Gasteiger charge is -2.14. The van der Waals surface area contributed by atoms with E-state index in [0.717, 1.165) is 10.2 Å². The van der Waals surface area contributed by atoms with Gasteiger partial charge in [-0.2, -0.15) is 5.10 Å². The van der Waals surface area contributed by atoms with Gasteiger partial charge in [0, 0.05) is 12.6 Å². The third-order valence-electron chi connectivity index (χ3n) is 2.16. The fraction of sp³-hybridized carbons (Fsp3) is 0.556. The molecule has 0 bridgehead atoms. The van der Waals surface area contributed by atoms with E-state index in [1.165, 1.54) is 0 Å². The monoisotopic (exact) mass is 260 g/mol. The van der Waals surface area contributed by atoms with Crippen LogP contribution in [0.25, 0.3) is 0 Å². The number of hydrogen-bond donors (Lipinski definition) is 1. The minimum absolute atomic E-state index is 0.0491. The molecule has 1 rings (SSSR count). The summed E-state index contributed by atoms with van der Waals surface area (Å²) in [4.78, 5) is 11.0. The Morgan fingerprint density at radius 2 is 2.21 bits per heavy atom. The lowest BCUT2D eigenvalue weighted by Crippen LogP contribution is -2.17. The van der Waals surface area contributed by atoms with Crippen LogP contribution in [0.5, 0.6) is 0 Å². The molecule has 0 radical (unpaired) electrons. The number of carboxylic acids is 1. The van der Waals surface area contributed by atoms with Gasteiger partial charge in [0.05, 0.1) is 12.1 Å². The van der Waals surface area contributed by atoms with E-state index in [-0.39, 0.29) is 5.92 Å². The zero-order valence-corrected chi connectivity index (χ0v) is 9.95. The second-order valence-corrected chi connectivity index (χ2v) is 4.33. The first-order valence-electron chi connectivity index (χ1n) is 4.35. The Labute approximate surface area is 91.1 Å². The quantitative estimate of drug-likeness (QED) is 0.905. The van der Waals surface area contributed by atoms with Crippen molar-refractivity contribution in [2.75, 3.05) is 0 Å². The Morgan fingerprint density at radius 3 is 2.50 bits per heavy atom. The Bertz CT molecular complexity index is 347. The molecule has 0 amide bonds. The van der Waals surface area contributed by atoms with E-state index < -0.39 is 11.9 Å². The molecule has 5 heteroatoms. The van der Waals surface area contributed by atoms with Gasteiger partial charge in [-0.25, -0.2) is 0 Å². The molecule has 0 saturated heterocycles. The molecule has 14 heavy (non-hydrogen) atoms. The summed E-state index contributed by atoms with van der Waals surface area (Å²) in [7, 11) is 1.77. The van der Waals surface area contributed by atoms with Crippen molar-refractivity contribution in [3.8, 4) is 0 Å². The number of aryl methyl sites for hydroxylation is 1. The number of carbonyl (C=O) groups is 1. The Hall–Kier alpha value is -0.840. The highest BCUT2D eigenvalue weighted by Crippen LogP contribution is 2.30. The normalized spacial score (nSPS) is 13.2. The zero-order valence-electron chi connectivity index (χ0n) is 8.36. The summed E-state index contributed by atoms with van der Waals surface area (Å²) in [5, 5.41) is 13.1. The molecular formula is C9H13BrN2O2. The number of aromatic nitrogens is 2. The standard InChI is InChI=1S/C9H13BrN2O2/c1-5(2)7(9(13)14)6-4-11-12(3)8(6)10/h4-5,7H,1-3H3,(H,13,14). The van der Waals surface area contributed by atoms with Gasteiger partial charge in [0.25, 0.3) is 0 Å². The highest BCUT2D eigenvalue weighted by molar-refractivity contribution is 9.10. The van der Waals surface area contributed by atoms with Gasteiger partial charge in [-0.05, 0) is 21.8 Å². The van der Waals surface area contributed by atoms with E-state index >= 15 is 0 Å². The summed E-state index contributed by atoms with van der Waals surface area (Å²) in [5.74, 6) is -1.26. The minimum atomic E-state index is -0.811. The molecule has 1 N–H and O–H groups in total. The van der Waals surface area contributed by atoms with Gasteiger partial charge in [0.1, 0.15) is 4.60 Å². The van der Waals surface area contributed by atoms with Gasteiger partial charge >= 0.3 is 5.97 Å². The predicted molar refractivity (Wildman–Crippen MR) is 56.1 cm³/mol. The molecule has 0 aliphatic carbocycles. The fourth-order valence-electron chi connectivity index (χ4n) is 1.43. The molecular weight excluding hydrogens is 248 g/mol. The van der Waals surface area contributed by atoms with E-state index in [4.69, 9.17) is 5.11 Å². The van der Waals surface area contributed by atoms with Crippen LogP contribution < -0.4 is 0 Å². The number of aliphatic carboxylic acids is 1. The summed E-state index contributed by atoms with van der Waals surface area (Å²) in [6.45, 7) is 3.77. The Kier molecular flexibility index (Phi) is 3.31. The van der Waals surface area contributed by atoms with Crippen molar-refractivity contribution < 1.29 is 9.90 Å². The number of rotatable bonds is 3. The van der Waals surface area contributed by atoms with Crippen molar-refractivity contribution in [2.24, 2.45) is 13.0 Å². The van der Waals surface area contributed by atoms with Gasteiger partial charge in [0.2, 0.25) is 0 Å². The van der Waals surface area contributed by atoms with Crippen molar-refractivity contribution >= 4 is 21.9 Å². The van der Waals surface area contributed by atoms with E-state index in [1.807, 2.05) is 13.8 Å². The predicted octanol–water partition coefficient (Wildman–Crippen LogP) is 2.01. The van der Waals surface area contributed by atoms with Crippen molar-refractivity contribution in [3.05, 3.63) is 16.4 Å². The van der Waals surface area contributed by atoms with Crippen LogP contribution in [-0.2, 0) is 11.8 Å². The summed E-state index contributed by atoms with van der Waals surface area (Å²) in [6.07, 6.45) is 1.60. The minimum Gasteiger partial charge on any atom is -0.481 e. The van der Waals surface area contributed by atoms with Gasteiger partial charge < -0.3 is 5.11 Å². The molecule has 1 aromatic heterocycles. The molecule has 4 nitrogen and oxygen atoms in total. The topological polar surface area (TPSA) is 55.1 Å². The van der Waals surface area contributed by atoms with E-state index in [0.29, 0.717) is 0 Å². The van der Waals surface area contributed by atoms with Crippen molar-refractivity contribution in [1.82, 2.24) is 9.78 Å². The Balaban J connectivity index is 3.12. The van der Waals surface area contributed by atoms with Crippen molar-refractivity contribution in [3.63, 3.8) is 0 Å². The average molecular weight is 261 g/mol. The van der Waals surface area contributed by atoms with E-state index in [2.05, 4.69) is 21.0 Å². The van der Waals surface area contributed by atoms with E-state index in [9.17, 15) is 4.79 Å². The summed E-state index contributed by atoms with van der Waals surface area (Å²) in [6, 6.07) is 0. The fourth-order valence-corrected chi connectivity index (χ4v) is 1.87. The van der Waals surface area contributed by atoms with Crippen LogP contribution in [0.1, 0.15) is 25.3 Å². The second-order valence-electron chi connectivity index (χ2n) is 3.57. The highest BCUT2D eigenvalue weighted by Gasteiger charge is 2.27. The molecule has 0 saturated carbocycles. The third kappa shape index (κ3) is 1.97. The maximum atomic E-state index is 11.0. The molecule has 0 aliphatic heterocycles. The first-order chi connectivity index (χ1) is 6.45. The summed E-state index contributed by atoms with van der Waals surface area (Å²) < 4.78 is 2.35. The summed E-state index contributed by atoms with van der Waals surface area (Å²) >= 11 is 3.32. The van der Waals surface area contributed by atoms with Crippen molar-refractivity contribution in [1.29, 1.82) is 0 Å². The van der Waals surface area contributed by atoms with Crippen LogP contribution in [-0.4, -0.2) is 20.9 Å². The highest BCUT2D eigenvalue weighted by atomic mass is 79.9. The molecule has 0 aromatic carbocycles. The van der Waals surface area contributed by atoms with Crippen LogP contribution in [0.3, 0.4) is 0 Å². The van der Waals surface area contributed by atoms with Crippen LogP contribution in [0.4, 0.5) is 0 Å². The van der Waals surface area contributed by atoms with Crippen molar-refractivity contribution in [2.45, 2.75) is 19.8 Å².